The van der Waals surface area contributed by atoms with Gasteiger partial charge in [0.2, 0.25) is 0 Å². The first-order valence-corrected chi connectivity index (χ1v) is 13.6. The van der Waals surface area contributed by atoms with E-state index in [0.29, 0.717) is 26.4 Å². The Morgan fingerprint density at radius 2 is 1.16 bits per heavy atom. The molecule has 0 amide bonds. The first kappa shape index (κ1) is 19.5. The van der Waals surface area contributed by atoms with E-state index in [1.54, 1.807) is 0 Å². The van der Waals surface area contributed by atoms with Crippen molar-refractivity contribution in [3.05, 3.63) is 0 Å². The summed E-state index contributed by atoms with van der Waals surface area (Å²) in [7, 11) is -4.34. The zero-order chi connectivity index (χ0) is 15.2. The van der Waals surface area contributed by atoms with Gasteiger partial charge in [0.15, 0.2) is 0 Å². The fourth-order valence-electron chi connectivity index (χ4n) is 2.61. The van der Waals surface area contributed by atoms with Crippen molar-refractivity contribution in [2.75, 3.05) is 26.4 Å². The number of rotatable bonds is 10. The van der Waals surface area contributed by atoms with Crippen molar-refractivity contribution in [3.8, 4) is 0 Å². The van der Waals surface area contributed by atoms with Crippen molar-refractivity contribution in [3.63, 3.8) is 0 Å². The van der Waals surface area contributed by atoms with Gasteiger partial charge in [-0.1, -0.05) is 0 Å². The Morgan fingerprint density at radius 3 is 1.37 bits per heavy atom. The second-order valence-corrected chi connectivity index (χ2v) is 19.2. The Bertz CT molecular complexity index is 244. The summed E-state index contributed by atoms with van der Waals surface area (Å²) >= 11 is 0. The quantitative estimate of drug-likeness (QED) is 0.344. The van der Waals surface area contributed by atoms with Crippen molar-refractivity contribution >= 4 is 15.0 Å². The molecular formula is C13H33O4PSi. The van der Waals surface area contributed by atoms with Gasteiger partial charge in [-0.25, -0.2) is 0 Å². The monoisotopic (exact) mass is 312 g/mol. The number of ether oxygens (including phenoxy) is 2. The molecule has 0 aliphatic carbocycles. The molecule has 0 aliphatic rings. The van der Waals surface area contributed by atoms with Crippen molar-refractivity contribution < 1.29 is 18.5 Å². The molecular weight excluding hydrogens is 279 g/mol. The van der Waals surface area contributed by atoms with Crippen LogP contribution in [-0.2, 0) is 18.5 Å². The van der Waals surface area contributed by atoms with Gasteiger partial charge in [-0.15, -0.1) is 0 Å². The van der Waals surface area contributed by atoms with E-state index in [2.05, 4.69) is 19.6 Å². The molecule has 118 valence electrons. The molecule has 0 aromatic carbocycles. The van der Waals surface area contributed by atoms with Gasteiger partial charge in [-0.3, -0.25) is 0 Å². The second kappa shape index (κ2) is 8.06. The second-order valence-electron chi connectivity index (χ2n) is 5.54. The molecule has 0 aromatic rings. The summed E-state index contributed by atoms with van der Waals surface area (Å²) in [6.45, 7) is 19.3. The Kier molecular flexibility index (Phi) is 8.26. The normalized spacial score (nSPS) is 14.7. The molecule has 0 N–H and O–H groups in total. The van der Waals surface area contributed by atoms with Gasteiger partial charge in [0.1, 0.15) is 0 Å². The SMILES string of the molecule is CCOC(C)(OCC)[PH](OCC)(OCC)[Si](C)(C)C. The molecule has 0 saturated heterocycles. The van der Waals surface area contributed by atoms with E-state index >= 15 is 0 Å². The maximum absolute atomic E-state index is 6.23. The Labute approximate surface area is 120 Å². The van der Waals surface area contributed by atoms with Crippen LogP contribution in [-0.4, -0.2) is 39.7 Å². The van der Waals surface area contributed by atoms with Gasteiger partial charge in [-0.05, 0) is 0 Å². The van der Waals surface area contributed by atoms with E-state index in [1.807, 2.05) is 34.6 Å². The molecule has 0 heterocycles. The zero-order valence-corrected chi connectivity index (χ0v) is 16.0. The summed E-state index contributed by atoms with van der Waals surface area (Å²) in [5, 5.41) is 0. The first-order valence-electron chi connectivity index (χ1n) is 7.30. The van der Waals surface area contributed by atoms with Crippen LogP contribution in [0.15, 0.2) is 0 Å². The summed E-state index contributed by atoms with van der Waals surface area (Å²) in [4.78, 5) is 0. The summed E-state index contributed by atoms with van der Waals surface area (Å²) in [5.74, 6) is 0. The molecule has 0 aromatic heterocycles. The molecule has 0 aliphatic heterocycles. The molecule has 0 atom stereocenters. The molecule has 0 unspecified atom stereocenters. The Balaban J connectivity index is 5.72. The van der Waals surface area contributed by atoms with Gasteiger partial charge >= 0.3 is 120 Å². The molecule has 0 fully saturated rings. The molecule has 4 nitrogen and oxygen atoms in total. The first-order chi connectivity index (χ1) is 8.74. The zero-order valence-electron chi connectivity index (χ0n) is 14.0. The summed E-state index contributed by atoms with van der Waals surface area (Å²) in [6.07, 6.45) is 0. The topological polar surface area (TPSA) is 36.9 Å². The number of hydrogen-bond acceptors (Lipinski definition) is 4. The predicted octanol–water partition coefficient (Wildman–Crippen LogP) is 4.22. The van der Waals surface area contributed by atoms with E-state index in [1.165, 1.54) is 0 Å². The molecule has 0 bridgehead atoms. The van der Waals surface area contributed by atoms with Crippen LogP contribution in [0.1, 0.15) is 34.6 Å². The van der Waals surface area contributed by atoms with Crippen molar-refractivity contribution in [1.29, 1.82) is 0 Å². The van der Waals surface area contributed by atoms with Gasteiger partial charge < -0.3 is 0 Å². The average molecular weight is 312 g/mol. The molecule has 0 radical (unpaired) electrons. The van der Waals surface area contributed by atoms with Crippen LogP contribution in [0.3, 0.4) is 0 Å². The van der Waals surface area contributed by atoms with Gasteiger partial charge in [0.25, 0.3) is 0 Å². The van der Waals surface area contributed by atoms with E-state index in [0.717, 1.165) is 0 Å². The van der Waals surface area contributed by atoms with E-state index in [4.69, 9.17) is 18.5 Å². The summed E-state index contributed by atoms with van der Waals surface area (Å²) < 4.78 is 24.4. The van der Waals surface area contributed by atoms with Crippen molar-refractivity contribution in [1.82, 2.24) is 0 Å². The van der Waals surface area contributed by atoms with Crippen LogP contribution >= 0.6 is 7.26 Å². The fraction of sp³-hybridized carbons (Fsp3) is 1.00. The van der Waals surface area contributed by atoms with E-state index < -0.39 is 20.5 Å². The third kappa shape index (κ3) is 4.23. The van der Waals surface area contributed by atoms with E-state index in [9.17, 15) is 0 Å². The van der Waals surface area contributed by atoms with Crippen LogP contribution in [0.4, 0.5) is 0 Å². The van der Waals surface area contributed by atoms with Crippen molar-refractivity contribution in [2.24, 2.45) is 0 Å². The maximum atomic E-state index is 6.23. The van der Waals surface area contributed by atoms with Crippen LogP contribution in [0.2, 0.25) is 19.6 Å². The third-order valence-electron chi connectivity index (χ3n) is 3.12. The molecule has 6 heteroatoms. The minimum absolute atomic E-state index is 0.593. The van der Waals surface area contributed by atoms with Gasteiger partial charge in [0, 0.05) is 0 Å². The fourth-order valence-corrected chi connectivity index (χ4v) is 14.9. The summed E-state index contributed by atoms with van der Waals surface area (Å²) in [6, 6.07) is 0. The predicted molar refractivity (Wildman–Crippen MR) is 86.6 cm³/mol. The van der Waals surface area contributed by atoms with Crippen LogP contribution in [0, 0.1) is 0 Å². The van der Waals surface area contributed by atoms with Gasteiger partial charge in [0.05, 0.1) is 0 Å². The molecule has 0 rings (SSSR count). The Hall–Kier alpha value is 0.487. The third-order valence-corrected chi connectivity index (χ3v) is 16.1. The molecule has 0 saturated carbocycles. The van der Waals surface area contributed by atoms with Crippen LogP contribution < -0.4 is 0 Å². The Morgan fingerprint density at radius 1 is 0.789 bits per heavy atom. The standard InChI is InChI=1S/C13H33O4PSi/c1-9-14-13(5,15-10-2)18(16-11-3,17-12-4)19(6,7)8/h18H,9-12H2,1-8H3. The van der Waals surface area contributed by atoms with Crippen LogP contribution in [0.5, 0.6) is 0 Å². The molecule has 19 heavy (non-hydrogen) atoms. The minimum atomic E-state index is -2.60. The van der Waals surface area contributed by atoms with Crippen molar-refractivity contribution in [2.45, 2.75) is 59.8 Å². The molecule has 0 spiro atoms. The average Bonchev–Trinajstić information content (AvgIpc) is 2.27. The van der Waals surface area contributed by atoms with E-state index in [-0.39, 0.29) is 0 Å². The van der Waals surface area contributed by atoms with Crippen LogP contribution in [0.25, 0.3) is 0 Å². The van der Waals surface area contributed by atoms with Gasteiger partial charge in [-0.2, -0.15) is 0 Å². The summed E-state index contributed by atoms with van der Waals surface area (Å²) in [5.41, 5.74) is -0.743. The number of hydrogen-bond donors (Lipinski definition) is 0.